The van der Waals surface area contributed by atoms with Gasteiger partial charge in [-0.1, -0.05) is 66.7 Å². The highest BCUT2D eigenvalue weighted by molar-refractivity contribution is 6.00. The third kappa shape index (κ3) is 2.30. The summed E-state index contributed by atoms with van der Waals surface area (Å²) in [4.78, 5) is 0. The Hall–Kier alpha value is -2.54. The molecule has 1 heteroatoms. The SMILES string of the molecule is C/C(=C\c1ccccc1)c1cccc2cccc(O)c12. The highest BCUT2D eigenvalue weighted by Gasteiger charge is 2.06. The molecule has 0 fully saturated rings. The molecule has 0 radical (unpaired) electrons. The van der Waals surface area contributed by atoms with Gasteiger partial charge in [-0.2, -0.15) is 0 Å². The van der Waals surface area contributed by atoms with Gasteiger partial charge >= 0.3 is 0 Å². The molecular weight excluding hydrogens is 244 g/mol. The molecule has 0 unspecified atom stereocenters. The van der Waals surface area contributed by atoms with Gasteiger partial charge in [-0.25, -0.2) is 0 Å². The molecule has 1 nitrogen and oxygen atoms in total. The summed E-state index contributed by atoms with van der Waals surface area (Å²) in [6.07, 6.45) is 2.14. The fourth-order valence-electron chi connectivity index (χ4n) is 2.53. The lowest BCUT2D eigenvalue weighted by molar-refractivity contribution is 0.481. The quantitative estimate of drug-likeness (QED) is 0.635. The molecule has 0 aliphatic heterocycles. The molecule has 0 saturated carbocycles. The third-order valence-electron chi connectivity index (χ3n) is 3.49. The van der Waals surface area contributed by atoms with Crippen molar-refractivity contribution in [2.24, 2.45) is 0 Å². The first-order chi connectivity index (χ1) is 9.75. The van der Waals surface area contributed by atoms with E-state index >= 15 is 0 Å². The van der Waals surface area contributed by atoms with Gasteiger partial charge in [0.2, 0.25) is 0 Å². The summed E-state index contributed by atoms with van der Waals surface area (Å²) in [6, 6.07) is 22.0. The van der Waals surface area contributed by atoms with Crippen LogP contribution < -0.4 is 0 Å². The van der Waals surface area contributed by atoms with Crippen molar-refractivity contribution in [3.63, 3.8) is 0 Å². The molecule has 3 rings (SSSR count). The maximum atomic E-state index is 10.1. The molecule has 98 valence electrons. The fourth-order valence-corrected chi connectivity index (χ4v) is 2.53. The van der Waals surface area contributed by atoms with Crippen molar-refractivity contribution in [2.45, 2.75) is 6.92 Å². The second-order valence-corrected chi connectivity index (χ2v) is 4.92. The van der Waals surface area contributed by atoms with Crippen LogP contribution in [0.1, 0.15) is 18.1 Å². The second kappa shape index (κ2) is 5.22. The van der Waals surface area contributed by atoms with Crippen LogP contribution in [-0.2, 0) is 0 Å². The number of phenolic OH excluding ortho intramolecular Hbond substituents is 1. The number of phenols is 1. The van der Waals surface area contributed by atoms with Gasteiger partial charge in [-0.15, -0.1) is 0 Å². The molecule has 0 amide bonds. The molecule has 0 aliphatic rings. The lowest BCUT2D eigenvalue weighted by Gasteiger charge is -2.09. The Morgan fingerprint density at radius 1 is 0.850 bits per heavy atom. The van der Waals surface area contributed by atoms with Crippen molar-refractivity contribution in [1.82, 2.24) is 0 Å². The Balaban J connectivity index is 2.17. The Kier molecular flexibility index (Phi) is 3.26. The van der Waals surface area contributed by atoms with Crippen LogP contribution >= 0.6 is 0 Å². The summed E-state index contributed by atoms with van der Waals surface area (Å²) >= 11 is 0. The van der Waals surface area contributed by atoms with E-state index in [1.807, 2.05) is 42.5 Å². The van der Waals surface area contributed by atoms with Crippen molar-refractivity contribution in [3.05, 3.63) is 77.9 Å². The summed E-state index contributed by atoms with van der Waals surface area (Å²) in [5, 5.41) is 12.1. The Morgan fingerprint density at radius 3 is 2.30 bits per heavy atom. The molecule has 1 N–H and O–H groups in total. The zero-order chi connectivity index (χ0) is 13.9. The van der Waals surface area contributed by atoms with Gasteiger partial charge in [-0.05, 0) is 35.1 Å². The first-order valence-electron chi connectivity index (χ1n) is 6.70. The fraction of sp³-hybridized carbons (Fsp3) is 0.0526. The molecule has 3 aromatic carbocycles. The normalized spacial score (nSPS) is 11.8. The molecule has 20 heavy (non-hydrogen) atoms. The minimum atomic E-state index is 0.332. The Morgan fingerprint density at radius 2 is 1.55 bits per heavy atom. The standard InChI is InChI=1S/C19H16O/c1-14(13-15-7-3-2-4-8-15)17-11-5-9-16-10-6-12-18(20)19(16)17/h2-13,20H,1H3/b14-13+. The van der Waals surface area contributed by atoms with Gasteiger partial charge in [0.05, 0.1) is 0 Å². The zero-order valence-corrected chi connectivity index (χ0v) is 11.4. The summed E-state index contributed by atoms with van der Waals surface area (Å²) in [5.74, 6) is 0.332. The van der Waals surface area contributed by atoms with Crippen LogP contribution in [0.15, 0.2) is 66.7 Å². The van der Waals surface area contributed by atoms with Crippen LogP contribution in [-0.4, -0.2) is 5.11 Å². The second-order valence-electron chi connectivity index (χ2n) is 4.92. The molecule has 0 aliphatic carbocycles. The minimum Gasteiger partial charge on any atom is -0.507 e. The maximum Gasteiger partial charge on any atom is 0.124 e. The van der Waals surface area contributed by atoms with Crippen LogP contribution in [0.5, 0.6) is 5.75 Å². The molecule has 3 aromatic rings. The number of allylic oxidation sites excluding steroid dienone is 1. The highest BCUT2D eigenvalue weighted by atomic mass is 16.3. The van der Waals surface area contributed by atoms with Crippen LogP contribution in [0, 0.1) is 0 Å². The largest absolute Gasteiger partial charge is 0.507 e. The van der Waals surface area contributed by atoms with Gasteiger partial charge in [0.25, 0.3) is 0 Å². The van der Waals surface area contributed by atoms with E-state index < -0.39 is 0 Å². The molecule has 0 bridgehead atoms. The predicted octanol–water partition coefficient (Wildman–Crippen LogP) is 5.11. The average Bonchev–Trinajstić information content (AvgIpc) is 2.48. The van der Waals surface area contributed by atoms with E-state index in [-0.39, 0.29) is 0 Å². The topological polar surface area (TPSA) is 20.2 Å². The summed E-state index contributed by atoms with van der Waals surface area (Å²) in [7, 11) is 0. The first kappa shape index (κ1) is 12.5. The summed E-state index contributed by atoms with van der Waals surface area (Å²) in [5.41, 5.74) is 3.38. The van der Waals surface area contributed by atoms with Crippen LogP contribution in [0.25, 0.3) is 22.4 Å². The van der Waals surface area contributed by atoms with Gasteiger partial charge in [0.1, 0.15) is 5.75 Å². The number of hydrogen-bond donors (Lipinski definition) is 1. The van der Waals surface area contributed by atoms with Crippen molar-refractivity contribution >= 4 is 22.4 Å². The predicted molar refractivity (Wildman–Crippen MR) is 85.6 cm³/mol. The van der Waals surface area contributed by atoms with E-state index in [4.69, 9.17) is 0 Å². The van der Waals surface area contributed by atoms with Crippen LogP contribution in [0.4, 0.5) is 0 Å². The van der Waals surface area contributed by atoms with E-state index in [9.17, 15) is 5.11 Å². The summed E-state index contributed by atoms with van der Waals surface area (Å²) in [6.45, 7) is 2.08. The van der Waals surface area contributed by atoms with E-state index in [2.05, 4.69) is 31.2 Å². The number of fused-ring (bicyclic) bond motifs is 1. The average molecular weight is 260 g/mol. The Bertz CT molecular complexity index is 765. The first-order valence-corrected chi connectivity index (χ1v) is 6.70. The van der Waals surface area contributed by atoms with E-state index in [0.29, 0.717) is 5.75 Å². The lowest BCUT2D eigenvalue weighted by atomic mass is 9.97. The van der Waals surface area contributed by atoms with Crippen molar-refractivity contribution in [2.75, 3.05) is 0 Å². The van der Waals surface area contributed by atoms with E-state index in [0.717, 1.165) is 27.5 Å². The van der Waals surface area contributed by atoms with E-state index in [1.165, 1.54) is 0 Å². The van der Waals surface area contributed by atoms with Gasteiger partial charge in [-0.3, -0.25) is 0 Å². The third-order valence-corrected chi connectivity index (χ3v) is 3.49. The van der Waals surface area contributed by atoms with Gasteiger partial charge in [0.15, 0.2) is 0 Å². The van der Waals surface area contributed by atoms with Crippen molar-refractivity contribution in [1.29, 1.82) is 0 Å². The molecule has 0 saturated heterocycles. The van der Waals surface area contributed by atoms with Gasteiger partial charge < -0.3 is 5.11 Å². The smallest absolute Gasteiger partial charge is 0.124 e. The number of rotatable bonds is 2. The van der Waals surface area contributed by atoms with Crippen LogP contribution in [0.3, 0.4) is 0 Å². The maximum absolute atomic E-state index is 10.1. The molecule has 0 aromatic heterocycles. The van der Waals surface area contributed by atoms with Crippen molar-refractivity contribution < 1.29 is 5.11 Å². The summed E-state index contributed by atoms with van der Waals surface area (Å²) < 4.78 is 0. The monoisotopic (exact) mass is 260 g/mol. The number of benzene rings is 3. The number of hydrogen-bond acceptors (Lipinski definition) is 1. The Labute approximate surface area is 118 Å². The molecule has 0 spiro atoms. The highest BCUT2D eigenvalue weighted by Crippen LogP contribution is 2.32. The zero-order valence-electron chi connectivity index (χ0n) is 11.4. The lowest BCUT2D eigenvalue weighted by Crippen LogP contribution is -1.84. The molecule has 0 atom stereocenters. The number of aromatic hydroxyl groups is 1. The van der Waals surface area contributed by atoms with Gasteiger partial charge in [0, 0.05) is 5.39 Å². The molecule has 0 heterocycles. The minimum absolute atomic E-state index is 0.332. The van der Waals surface area contributed by atoms with E-state index in [1.54, 1.807) is 6.07 Å². The van der Waals surface area contributed by atoms with Crippen molar-refractivity contribution in [3.8, 4) is 5.75 Å². The van der Waals surface area contributed by atoms with Crippen LogP contribution in [0.2, 0.25) is 0 Å². The molecular formula is C19H16O.